The third kappa shape index (κ3) is 0.0877. The van der Waals surface area contributed by atoms with Crippen LogP contribution in [0.1, 0.15) is 0 Å². The molecule has 3 aliphatic heterocycles. The van der Waals surface area contributed by atoms with Crippen molar-refractivity contribution < 1.29 is 4.57 Å². The van der Waals surface area contributed by atoms with Crippen molar-refractivity contribution in [2.24, 2.45) is 0 Å². The van der Waals surface area contributed by atoms with Gasteiger partial charge in [-0.15, -0.1) is 5.10 Å². The molecule has 0 spiro atoms. The van der Waals surface area contributed by atoms with E-state index in [9.17, 15) is 4.57 Å². The molecule has 0 N–H and O–H groups in total. The standard InChI is InChI=1S/C2N3OP/c6-7-1-2(7)5(7)4-3-1. The monoisotopic (exact) mass is 113 g/mol. The van der Waals surface area contributed by atoms with Gasteiger partial charge in [-0.3, -0.25) is 4.57 Å². The highest BCUT2D eigenvalue weighted by Crippen LogP contribution is 2.67. The van der Waals surface area contributed by atoms with Crippen molar-refractivity contribution >= 4 is 18.2 Å². The number of fused-ring (bicyclic) bond motifs is 1. The predicted molar refractivity (Wildman–Crippen MR) is 22.3 cm³/mol. The lowest BCUT2D eigenvalue weighted by atomic mass is 11.0. The van der Waals surface area contributed by atoms with Gasteiger partial charge in [0, 0.05) is 0 Å². The highest BCUT2D eigenvalue weighted by Gasteiger charge is 2.73. The van der Waals surface area contributed by atoms with Crippen molar-refractivity contribution in [2.45, 2.75) is 0 Å². The Bertz CT molecular complexity index is 273. The van der Waals surface area contributed by atoms with E-state index in [4.69, 9.17) is 0 Å². The Morgan fingerprint density at radius 1 is 1.71 bits per heavy atom. The van der Waals surface area contributed by atoms with Crippen molar-refractivity contribution in [1.82, 2.24) is 14.8 Å². The van der Waals surface area contributed by atoms with Gasteiger partial charge in [0.2, 0.25) is 0 Å². The fraction of sp³-hybridized carbons (Fsp3) is 0. The van der Waals surface area contributed by atoms with Crippen LogP contribution in [-0.4, -0.2) is 14.8 Å². The lowest BCUT2D eigenvalue weighted by Crippen LogP contribution is -1.90. The summed E-state index contributed by atoms with van der Waals surface area (Å²) in [5.74, 6) is 0. The number of hydrogen-bond acceptors (Lipinski definition) is 3. The Kier molecular flexibility index (Phi) is 0.143. The number of aromatic nitrogens is 3. The van der Waals surface area contributed by atoms with Crippen LogP contribution in [0.15, 0.2) is 0 Å². The summed E-state index contributed by atoms with van der Waals surface area (Å²) in [4.78, 5) is 0. The SMILES string of the molecule is O=P12c3nnn1c32. The molecule has 1 aromatic heterocycles. The average molecular weight is 113 g/mol. The van der Waals surface area contributed by atoms with Crippen LogP contribution in [0, 0.1) is 0 Å². The van der Waals surface area contributed by atoms with Crippen molar-refractivity contribution in [1.29, 1.82) is 0 Å². The van der Waals surface area contributed by atoms with E-state index in [1.54, 1.807) is 0 Å². The Morgan fingerprint density at radius 3 is 2.57 bits per heavy atom. The number of rotatable bonds is 0. The molecule has 2 bridgehead atoms. The molecule has 0 aromatic carbocycles. The first-order valence-electron chi connectivity index (χ1n) is 1.93. The molecule has 1 atom stereocenters. The van der Waals surface area contributed by atoms with Crippen LogP contribution in [0.5, 0.6) is 0 Å². The quantitative estimate of drug-likeness (QED) is 0.340. The molecule has 4 rings (SSSR count). The first-order valence-corrected chi connectivity index (χ1v) is 3.59. The van der Waals surface area contributed by atoms with Gasteiger partial charge in [-0.05, 0) is 0 Å². The molecule has 3 aliphatic rings. The van der Waals surface area contributed by atoms with Crippen molar-refractivity contribution in [3.8, 4) is 0 Å². The molecule has 0 saturated carbocycles. The minimum absolute atomic E-state index is 0.771. The van der Waals surface area contributed by atoms with E-state index in [0.717, 1.165) is 10.9 Å². The van der Waals surface area contributed by atoms with Gasteiger partial charge in [-0.25, -0.2) is 0 Å². The second-order valence-corrected chi connectivity index (χ2v) is 4.08. The summed E-state index contributed by atoms with van der Waals surface area (Å²) in [6.45, 7) is 0. The minimum Gasteiger partial charge on any atom is -0.284 e. The van der Waals surface area contributed by atoms with Gasteiger partial charge in [-0.1, -0.05) is 5.21 Å². The highest BCUT2D eigenvalue weighted by molar-refractivity contribution is 7.95. The molecule has 5 heteroatoms. The van der Waals surface area contributed by atoms with Gasteiger partial charge in [0.1, 0.15) is 0 Å². The minimum atomic E-state index is -1.96. The van der Waals surface area contributed by atoms with Gasteiger partial charge >= 0.3 is 0 Å². The second-order valence-electron chi connectivity index (χ2n) is 1.70. The van der Waals surface area contributed by atoms with E-state index >= 15 is 0 Å². The van der Waals surface area contributed by atoms with E-state index in [2.05, 4.69) is 10.3 Å². The third-order valence-corrected chi connectivity index (χ3v) is 3.62. The first kappa shape index (κ1) is 2.62. The molecule has 0 fully saturated rings. The molecule has 0 radical (unpaired) electrons. The fourth-order valence-electron chi connectivity index (χ4n) is 0.818. The summed E-state index contributed by atoms with van der Waals surface area (Å²) in [6.07, 6.45) is 0. The largest absolute Gasteiger partial charge is 0.293 e. The van der Waals surface area contributed by atoms with E-state index in [-0.39, 0.29) is 0 Å². The zero-order valence-electron chi connectivity index (χ0n) is 3.20. The maximum Gasteiger partial charge on any atom is 0.293 e. The lowest BCUT2D eigenvalue weighted by molar-refractivity contribution is 0.590. The zero-order valence-corrected chi connectivity index (χ0v) is 4.09. The second kappa shape index (κ2) is 0.383. The lowest BCUT2D eigenvalue weighted by Gasteiger charge is -1.64. The van der Waals surface area contributed by atoms with Gasteiger partial charge in [-0.2, -0.15) is 4.45 Å². The molecule has 0 amide bonds. The third-order valence-electron chi connectivity index (χ3n) is 1.37. The predicted octanol–water partition coefficient (Wildman–Crippen LogP) is -1.32. The average Bonchev–Trinajstić information content (AvgIpc) is 2.38. The molecule has 1 unspecified atom stereocenters. The fourth-order valence-corrected chi connectivity index (χ4v) is 2.73. The smallest absolute Gasteiger partial charge is 0.284 e. The van der Waals surface area contributed by atoms with Crippen molar-refractivity contribution in [2.75, 3.05) is 0 Å². The summed E-state index contributed by atoms with van der Waals surface area (Å²) >= 11 is 0. The summed E-state index contributed by atoms with van der Waals surface area (Å²) in [5, 5.41) is 7.13. The maximum atomic E-state index is 10.8. The van der Waals surface area contributed by atoms with Gasteiger partial charge < -0.3 is 0 Å². The summed E-state index contributed by atoms with van der Waals surface area (Å²) < 4.78 is 12.3. The van der Waals surface area contributed by atoms with E-state index in [0.29, 0.717) is 0 Å². The summed E-state index contributed by atoms with van der Waals surface area (Å²) in [7, 11) is -1.96. The number of hydrogen-bond donors (Lipinski definition) is 0. The van der Waals surface area contributed by atoms with Crippen LogP contribution in [-0.2, 0) is 4.57 Å². The van der Waals surface area contributed by atoms with Crippen molar-refractivity contribution in [3.63, 3.8) is 0 Å². The van der Waals surface area contributed by atoms with Gasteiger partial charge in [0.25, 0.3) is 7.29 Å². The van der Waals surface area contributed by atoms with Crippen LogP contribution >= 0.6 is 7.29 Å². The molecule has 7 heavy (non-hydrogen) atoms. The van der Waals surface area contributed by atoms with Crippen LogP contribution < -0.4 is 10.9 Å². The molecular formula is C2N3OP. The Balaban J connectivity index is 2.90. The molecule has 4 nitrogen and oxygen atoms in total. The summed E-state index contributed by atoms with van der Waals surface area (Å²) in [6, 6.07) is 0. The van der Waals surface area contributed by atoms with Crippen LogP contribution in [0.25, 0.3) is 0 Å². The molecule has 34 valence electrons. The molecular weight excluding hydrogens is 113 g/mol. The Hall–Kier alpha value is -0.630. The van der Waals surface area contributed by atoms with E-state index in [1.165, 1.54) is 4.45 Å². The van der Waals surface area contributed by atoms with Gasteiger partial charge in [0.15, 0.2) is 10.9 Å². The Labute approximate surface area is 38.6 Å². The normalized spacial score (nSPS) is 37.7. The van der Waals surface area contributed by atoms with Crippen molar-refractivity contribution in [3.05, 3.63) is 0 Å². The molecule has 0 aliphatic carbocycles. The van der Waals surface area contributed by atoms with Crippen LogP contribution in [0.2, 0.25) is 0 Å². The highest BCUT2D eigenvalue weighted by atomic mass is 31.2. The van der Waals surface area contributed by atoms with Crippen LogP contribution in [0.4, 0.5) is 0 Å². The molecule has 4 heterocycles. The Morgan fingerprint density at radius 2 is 2.43 bits per heavy atom. The van der Waals surface area contributed by atoms with E-state index < -0.39 is 7.29 Å². The zero-order chi connectivity index (χ0) is 4.65. The van der Waals surface area contributed by atoms with Gasteiger partial charge in [0.05, 0.1) is 0 Å². The first-order chi connectivity index (χ1) is 3.35. The van der Waals surface area contributed by atoms with Crippen LogP contribution in [0.3, 0.4) is 0 Å². The molecule has 1 aromatic rings. The summed E-state index contributed by atoms with van der Waals surface area (Å²) in [5.41, 5.74) is 1.68. The maximum absolute atomic E-state index is 10.8. The van der Waals surface area contributed by atoms with E-state index in [1.807, 2.05) is 0 Å². The molecule has 0 saturated heterocycles. The number of nitrogens with zero attached hydrogens (tertiary/aromatic N) is 3. The topological polar surface area (TPSA) is 47.8 Å².